The van der Waals surface area contributed by atoms with Crippen molar-refractivity contribution in [3.63, 3.8) is 0 Å². The molecule has 0 aliphatic carbocycles. The fraction of sp³-hybridized carbons (Fsp3) is 0.192. The maximum atomic E-state index is 13.8. The number of imidazole rings is 2. The van der Waals surface area contributed by atoms with Crippen LogP contribution in [0.5, 0.6) is 0 Å². The van der Waals surface area contributed by atoms with Gasteiger partial charge in [-0.15, -0.1) is 0 Å². The average molecular weight is 439 g/mol. The number of hydrogen-bond acceptors (Lipinski definition) is 4. The third-order valence-corrected chi connectivity index (χ3v) is 5.91. The monoisotopic (exact) mass is 438 g/mol. The smallest absolute Gasteiger partial charge is 0.254 e. The van der Waals surface area contributed by atoms with Crippen LogP contribution in [0.4, 0.5) is 5.69 Å². The second-order valence-corrected chi connectivity index (χ2v) is 8.41. The van der Waals surface area contributed by atoms with Crippen LogP contribution in [-0.4, -0.2) is 43.7 Å². The first kappa shape index (κ1) is 20.8. The van der Waals surface area contributed by atoms with Gasteiger partial charge in [0.15, 0.2) is 0 Å². The van der Waals surface area contributed by atoms with E-state index in [4.69, 9.17) is 0 Å². The second kappa shape index (κ2) is 8.43. The molecule has 0 radical (unpaired) electrons. The normalized spacial score (nSPS) is 11.2. The van der Waals surface area contributed by atoms with E-state index in [1.165, 1.54) is 0 Å². The largest absolute Gasteiger partial charge is 0.377 e. The lowest BCUT2D eigenvalue weighted by molar-refractivity contribution is 0.0725. The molecule has 0 bridgehead atoms. The van der Waals surface area contributed by atoms with E-state index in [2.05, 4.69) is 14.9 Å². The Balaban J connectivity index is 1.53. The second-order valence-electron chi connectivity index (χ2n) is 8.41. The number of pyridine rings is 2. The number of amides is 1. The fourth-order valence-corrected chi connectivity index (χ4v) is 4.27. The molecule has 4 aromatic heterocycles. The summed E-state index contributed by atoms with van der Waals surface area (Å²) in [6.45, 7) is 2.89. The quantitative estimate of drug-likeness (QED) is 0.399. The average Bonchev–Trinajstić information content (AvgIpc) is 3.42. The van der Waals surface area contributed by atoms with Crippen molar-refractivity contribution in [2.24, 2.45) is 0 Å². The summed E-state index contributed by atoms with van der Waals surface area (Å²) in [5.41, 5.74) is 6.46. The van der Waals surface area contributed by atoms with Crippen LogP contribution in [0.25, 0.3) is 11.3 Å². The van der Waals surface area contributed by atoms with Gasteiger partial charge in [0, 0.05) is 37.7 Å². The van der Waals surface area contributed by atoms with Crippen LogP contribution in [0.3, 0.4) is 0 Å². The van der Waals surface area contributed by atoms with E-state index in [1.54, 1.807) is 0 Å². The van der Waals surface area contributed by atoms with E-state index in [1.807, 2.05) is 114 Å². The molecule has 7 nitrogen and oxygen atoms in total. The highest BCUT2D eigenvalue weighted by molar-refractivity contribution is 5.95. The molecule has 1 amide bonds. The van der Waals surface area contributed by atoms with Crippen LogP contribution < -0.4 is 4.90 Å². The Bertz CT molecular complexity index is 1370. The molecule has 0 N–H and O–H groups in total. The van der Waals surface area contributed by atoms with Gasteiger partial charge in [-0.25, -0.2) is 9.97 Å². The molecule has 0 aliphatic heterocycles. The minimum Gasteiger partial charge on any atom is -0.377 e. The van der Waals surface area contributed by atoms with E-state index < -0.39 is 0 Å². The molecular formula is C26H26N6O. The first-order chi connectivity index (χ1) is 16.0. The molecule has 0 saturated carbocycles. The van der Waals surface area contributed by atoms with Crippen molar-refractivity contribution in [2.75, 3.05) is 19.0 Å². The van der Waals surface area contributed by atoms with Crippen molar-refractivity contribution in [3.05, 3.63) is 102 Å². The lowest BCUT2D eigenvalue weighted by Gasteiger charge is -2.23. The molecule has 0 aliphatic rings. The number of nitrogens with zero attached hydrogens (tertiary/aromatic N) is 6. The molecule has 0 spiro atoms. The lowest BCUT2D eigenvalue weighted by Crippen LogP contribution is -2.31. The highest BCUT2D eigenvalue weighted by atomic mass is 16.2. The maximum absolute atomic E-state index is 13.8. The Morgan fingerprint density at radius 1 is 0.848 bits per heavy atom. The first-order valence-corrected chi connectivity index (χ1v) is 10.9. The minimum absolute atomic E-state index is 0.0276. The molecule has 0 saturated heterocycles. The standard InChI is InChI=1S/C26H26N6O/c1-19-14-20(10-11-23(19)29(2)3)26(33)30(17-21-15-27-24-8-4-6-12-31(21)24)18-22-16-28-25-9-5-7-13-32(22)25/h4-16H,17-18H2,1-3H3. The number of benzene rings is 1. The SMILES string of the molecule is Cc1cc(C(=O)N(Cc2cnc3ccccn23)Cc2cnc3ccccn23)ccc1N(C)C. The van der Waals surface area contributed by atoms with E-state index in [0.717, 1.165) is 33.9 Å². The predicted octanol–water partition coefficient (Wildman–Crippen LogP) is 4.20. The van der Waals surface area contributed by atoms with Gasteiger partial charge in [0.25, 0.3) is 5.91 Å². The lowest BCUT2D eigenvalue weighted by atomic mass is 10.1. The van der Waals surface area contributed by atoms with Crippen LogP contribution in [0.15, 0.2) is 79.4 Å². The van der Waals surface area contributed by atoms with Gasteiger partial charge in [0.1, 0.15) is 11.3 Å². The van der Waals surface area contributed by atoms with Crippen molar-refractivity contribution in [2.45, 2.75) is 20.0 Å². The summed E-state index contributed by atoms with van der Waals surface area (Å²) >= 11 is 0. The van der Waals surface area contributed by atoms with Crippen molar-refractivity contribution in [3.8, 4) is 0 Å². The Hall–Kier alpha value is -4.13. The van der Waals surface area contributed by atoms with Gasteiger partial charge in [-0.3, -0.25) is 4.79 Å². The summed E-state index contributed by atoms with van der Waals surface area (Å²) < 4.78 is 4.05. The van der Waals surface area contributed by atoms with Crippen molar-refractivity contribution < 1.29 is 4.79 Å². The molecular weight excluding hydrogens is 412 g/mol. The van der Waals surface area contributed by atoms with E-state index in [0.29, 0.717) is 18.7 Å². The summed E-state index contributed by atoms with van der Waals surface area (Å²) in [7, 11) is 4.01. The van der Waals surface area contributed by atoms with Crippen LogP contribution in [0.1, 0.15) is 27.3 Å². The van der Waals surface area contributed by atoms with Crippen LogP contribution in [-0.2, 0) is 13.1 Å². The zero-order chi connectivity index (χ0) is 22.9. The molecule has 33 heavy (non-hydrogen) atoms. The fourth-order valence-electron chi connectivity index (χ4n) is 4.27. The van der Waals surface area contributed by atoms with Crippen molar-refractivity contribution >= 4 is 22.9 Å². The van der Waals surface area contributed by atoms with Gasteiger partial charge in [-0.1, -0.05) is 12.1 Å². The molecule has 7 heteroatoms. The minimum atomic E-state index is -0.0276. The summed E-state index contributed by atoms with van der Waals surface area (Å²) in [4.78, 5) is 26.7. The predicted molar refractivity (Wildman–Crippen MR) is 129 cm³/mol. The summed E-state index contributed by atoms with van der Waals surface area (Å²) in [5, 5.41) is 0. The first-order valence-electron chi connectivity index (χ1n) is 10.9. The zero-order valence-corrected chi connectivity index (χ0v) is 19.0. The number of carbonyl (C=O) groups is 1. The van der Waals surface area contributed by atoms with Gasteiger partial charge in [0.2, 0.25) is 0 Å². The van der Waals surface area contributed by atoms with Gasteiger partial charge in [-0.2, -0.15) is 0 Å². The number of rotatable bonds is 6. The van der Waals surface area contributed by atoms with Gasteiger partial charge >= 0.3 is 0 Å². The third kappa shape index (κ3) is 3.93. The van der Waals surface area contributed by atoms with Crippen LogP contribution in [0, 0.1) is 6.92 Å². The molecule has 4 heterocycles. The van der Waals surface area contributed by atoms with Crippen molar-refractivity contribution in [1.29, 1.82) is 0 Å². The Kier molecular flexibility index (Phi) is 5.30. The van der Waals surface area contributed by atoms with E-state index >= 15 is 0 Å². The number of anilines is 1. The molecule has 5 aromatic rings. The number of aromatic nitrogens is 4. The molecule has 1 aromatic carbocycles. The zero-order valence-electron chi connectivity index (χ0n) is 19.0. The van der Waals surface area contributed by atoms with Crippen LogP contribution in [0.2, 0.25) is 0 Å². The van der Waals surface area contributed by atoms with Gasteiger partial charge in [0.05, 0.1) is 36.9 Å². The third-order valence-electron chi connectivity index (χ3n) is 5.91. The Morgan fingerprint density at radius 3 is 1.94 bits per heavy atom. The number of carbonyl (C=O) groups excluding carboxylic acids is 1. The summed E-state index contributed by atoms with van der Waals surface area (Å²) in [6.07, 6.45) is 7.63. The summed E-state index contributed by atoms with van der Waals surface area (Å²) in [5.74, 6) is -0.0276. The van der Waals surface area contributed by atoms with Crippen molar-refractivity contribution in [1.82, 2.24) is 23.7 Å². The van der Waals surface area contributed by atoms with E-state index in [9.17, 15) is 4.79 Å². The highest BCUT2D eigenvalue weighted by Crippen LogP contribution is 2.22. The summed E-state index contributed by atoms with van der Waals surface area (Å²) in [6, 6.07) is 17.7. The van der Waals surface area contributed by atoms with Gasteiger partial charge in [-0.05, 0) is 55.0 Å². The van der Waals surface area contributed by atoms with Gasteiger partial charge < -0.3 is 18.6 Å². The molecule has 166 valence electrons. The topological polar surface area (TPSA) is 58.1 Å². The molecule has 0 fully saturated rings. The van der Waals surface area contributed by atoms with E-state index in [-0.39, 0.29) is 5.91 Å². The number of fused-ring (bicyclic) bond motifs is 2. The molecule has 0 unspecified atom stereocenters. The molecule has 0 atom stereocenters. The number of aryl methyl sites for hydroxylation is 1. The Morgan fingerprint density at radius 2 is 1.42 bits per heavy atom. The maximum Gasteiger partial charge on any atom is 0.254 e. The van der Waals surface area contributed by atoms with Crippen LogP contribution >= 0.6 is 0 Å². The Labute approximate surface area is 192 Å². The highest BCUT2D eigenvalue weighted by Gasteiger charge is 2.21. The number of hydrogen-bond donors (Lipinski definition) is 0. The molecule has 5 rings (SSSR count).